The van der Waals surface area contributed by atoms with Gasteiger partial charge in [0, 0.05) is 12.3 Å². The number of rotatable bonds is 7. The largest absolute Gasteiger partial charge is 0.480 e. The number of nitroso groups, excluding NO2 is 1. The van der Waals surface area contributed by atoms with Crippen molar-refractivity contribution in [3.8, 4) is 0 Å². The number of halogens is 1. The minimum atomic E-state index is -1.20. The number of hydrogen-bond acceptors (Lipinski definition) is 4. The van der Waals surface area contributed by atoms with Crippen LogP contribution in [0.5, 0.6) is 0 Å². The van der Waals surface area contributed by atoms with Gasteiger partial charge in [0.2, 0.25) is 0 Å². The van der Waals surface area contributed by atoms with Gasteiger partial charge in [-0.05, 0) is 5.56 Å². The molecule has 20 heavy (non-hydrogen) atoms. The molecule has 0 saturated heterocycles. The highest BCUT2D eigenvalue weighted by Gasteiger charge is 2.23. The molecule has 8 heteroatoms. The predicted molar refractivity (Wildman–Crippen MR) is 73.3 cm³/mol. The summed E-state index contributed by atoms with van der Waals surface area (Å²) in [6.07, 6.45) is 0.107. The molecule has 0 aliphatic carbocycles. The second-order valence-electron chi connectivity index (χ2n) is 3.92. The summed E-state index contributed by atoms with van der Waals surface area (Å²) in [4.78, 5) is 33.3. The van der Waals surface area contributed by atoms with E-state index in [1.165, 1.54) is 0 Å². The molecule has 1 aromatic rings. The molecule has 0 aliphatic rings. The third-order valence-electron chi connectivity index (χ3n) is 2.51. The van der Waals surface area contributed by atoms with Gasteiger partial charge in [0.05, 0.1) is 11.8 Å². The van der Waals surface area contributed by atoms with Crippen LogP contribution in [-0.2, 0) is 11.2 Å². The average molecular weight is 300 g/mol. The van der Waals surface area contributed by atoms with Crippen LogP contribution >= 0.6 is 11.6 Å². The Labute approximate surface area is 120 Å². The van der Waals surface area contributed by atoms with E-state index in [9.17, 15) is 14.5 Å². The Balaban J connectivity index is 2.70. The van der Waals surface area contributed by atoms with Gasteiger partial charge in [0.15, 0.2) is 0 Å². The molecule has 2 N–H and O–H groups in total. The van der Waals surface area contributed by atoms with Crippen LogP contribution in [-0.4, -0.2) is 40.6 Å². The Morgan fingerprint density at radius 2 is 2.00 bits per heavy atom. The second-order valence-corrected chi connectivity index (χ2v) is 4.30. The van der Waals surface area contributed by atoms with E-state index < -0.39 is 18.0 Å². The lowest BCUT2D eigenvalue weighted by Crippen LogP contribution is -2.47. The minimum Gasteiger partial charge on any atom is -0.480 e. The number of alkyl halides is 1. The molecule has 2 amide bonds. The van der Waals surface area contributed by atoms with Crippen LogP contribution in [0.3, 0.4) is 0 Å². The number of nitrogens with zero attached hydrogens (tertiary/aromatic N) is 2. The summed E-state index contributed by atoms with van der Waals surface area (Å²) >= 11 is 5.41. The zero-order chi connectivity index (χ0) is 15.0. The van der Waals surface area contributed by atoms with Gasteiger partial charge in [-0.2, -0.15) is 5.01 Å². The van der Waals surface area contributed by atoms with E-state index in [1.807, 2.05) is 0 Å². The van der Waals surface area contributed by atoms with Gasteiger partial charge in [-0.3, -0.25) is 0 Å². The summed E-state index contributed by atoms with van der Waals surface area (Å²) in [5.74, 6) is -1.17. The van der Waals surface area contributed by atoms with Crippen LogP contribution in [0.1, 0.15) is 5.56 Å². The van der Waals surface area contributed by atoms with Crippen molar-refractivity contribution in [3.05, 3.63) is 40.8 Å². The first kappa shape index (κ1) is 15.9. The maximum absolute atomic E-state index is 11.7. The zero-order valence-electron chi connectivity index (χ0n) is 10.5. The molecule has 1 unspecified atom stereocenters. The van der Waals surface area contributed by atoms with E-state index in [4.69, 9.17) is 16.7 Å². The number of carboxylic acid groups (broad SMARTS) is 1. The fraction of sp³-hybridized carbons (Fsp3) is 0.333. The summed E-state index contributed by atoms with van der Waals surface area (Å²) in [7, 11) is 0. The van der Waals surface area contributed by atoms with Crippen molar-refractivity contribution in [1.29, 1.82) is 0 Å². The third-order valence-corrected chi connectivity index (χ3v) is 2.68. The lowest BCUT2D eigenvalue weighted by molar-refractivity contribution is -0.139. The SMILES string of the molecule is O=NN(CCCl)C(=O)NC(Cc1ccccc1)C(=O)O. The molecule has 0 bridgehead atoms. The quantitative estimate of drug-likeness (QED) is 0.454. The number of hydrogen-bond donors (Lipinski definition) is 2. The molecule has 108 valence electrons. The van der Waals surface area contributed by atoms with Crippen molar-refractivity contribution in [1.82, 2.24) is 10.3 Å². The lowest BCUT2D eigenvalue weighted by atomic mass is 10.1. The number of amides is 2. The topological polar surface area (TPSA) is 99.1 Å². The number of benzene rings is 1. The van der Waals surface area contributed by atoms with Gasteiger partial charge in [-0.15, -0.1) is 16.5 Å². The lowest BCUT2D eigenvalue weighted by Gasteiger charge is -2.18. The van der Waals surface area contributed by atoms with E-state index in [0.29, 0.717) is 5.01 Å². The molecule has 0 saturated carbocycles. The van der Waals surface area contributed by atoms with Crippen molar-refractivity contribution in [3.63, 3.8) is 0 Å². The van der Waals surface area contributed by atoms with Gasteiger partial charge < -0.3 is 10.4 Å². The molecule has 0 aromatic heterocycles. The molecule has 1 aromatic carbocycles. The van der Waals surface area contributed by atoms with E-state index in [-0.39, 0.29) is 18.8 Å². The maximum Gasteiger partial charge on any atom is 0.341 e. The minimum absolute atomic E-state index is 0.0234. The molecule has 1 atom stereocenters. The van der Waals surface area contributed by atoms with Gasteiger partial charge in [-0.25, -0.2) is 9.59 Å². The van der Waals surface area contributed by atoms with E-state index in [0.717, 1.165) is 5.56 Å². The molecule has 0 radical (unpaired) electrons. The standard InChI is InChI=1S/C12H14ClN3O4/c13-6-7-16(15-20)12(19)14-10(11(17)18)8-9-4-2-1-3-5-9/h1-5,10H,6-8H2,(H,14,19)(H,17,18). The number of carbonyl (C=O) groups is 2. The van der Waals surface area contributed by atoms with Crippen LogP contribution < -0.4 is 5.32 Å². The molecule has 0 heterocycles. The predicted octanol–water partition coefficient (Wildman–Crippen LogP) is 1.61. The highest BCUT2D eigenvalue weighted by Crippen LogP contribution is 2.04. The Bertz CT molecular complexity index is 469. The summed E-state index contributed by atoms with van der Waals surface area (Å²) in [5, 5.41) is 14.4. The van der Waals surface area contributed by atoms with E-state index in [1.54, 1.807) is 30.3 Å². The smallest absolute Gasteiger partial charge is 0.341 e. The molecule has 0 fully saturated rings. The number of aliphatic carboxylic acids is 1. The van der Waals surface area contributed by atoms with Crippen molar-refractivity contribution in [2.24, 2.45) is 5.29 Å². The Kier molecular flexibility index (Phi) is 6.45. The Morgan fingerprint density at radius 3 is 2.50 bits per heavy atom. The van der Waals surface area contributed by atoms with E-state index >= 15 is 0 Å². The number of urea groups is 1. The van der Waals surface area contributed by atoms with Crippen LogP contribution in [0.25, 0.3) is 0 Å². The van der Waals surface area contributed by atoms with Gasteiger partial charge in [0.1, 0.15) is 6.04 Å². The summed E-state index contributed by atoms with van der Waals surface area (Å²) < 4.78 is 0. The molecular weight excluding hydrogens is 286 g/mol. The van der Waals surface area contributed by atoms with E-state index in [2.05, 4.69) is 10.6 Å². The molecule has 0 aliphatic heterocycles. The molecule has 1 rings (SSSR count). The van der Waals surface area contributed by atoms with Crippen LogP contribution in [0.4, 0.5) is 4.79 Å². The summed E-state index contributed by atoms with van der Waals surface area (Å²) in [6, 6.07) is 6.79. The number of carbonyl (C=O) groups excluding carboxylic acids is 1. The van der Waals surface area contributed by atoms with Crippen LogP contribution in [0, 0.1) is 4.91 Å². The monoisotopic (exact) mass is 299 g/mol. The van der Waals surface area contributed by atoms with Gasteiger partial charge >= 0.3 is 12.0 Å². The fourth-order valence-corrected chi connectivity index (χ4v) is 1.69. The van der Waals surface area contributed by atoms with Crippen molar-refractivity contribution in [2.75, 3.05) is 12.4 Å². The third kappa shape index (κ3) is 4.85. The zero-order valence-corrected chi connectivity index (χ0v) is 11.3. The Morgan fingerprint density at radius 1 is 1.35 bits per heavy atom. The first-order chi connectivity index (χ1) is 9.58. The number of nitrogens with one attached hydrogen (secondary N) is 1. The summed E-state index contributed by atoms with van der Waals surface area (Å²) in [5.41, 5.74) is 0.753. The van der Waals surface area contributed by atoms with Crippen molar-refractivity contribution in [2.45, 2.75) is 12.5 Å². The fourth-order valence-electron chi connectivity index (χ4n) is 1.53. The summed E-state index contributed by atoms with van der Waals surface area (Å²) in [6.45, 7) is -0.0887. The molecular formula is C12H14ClN3O4. The highest BCUT2D eigenvalue weighted by molar-refractivity contribution is 6.18. The highest BCUT2D eigenvalue weighted by atomic mass is 35.5. The second kappa shape index (κ2) is 8.11. The van der Waals surface area contributed by atoms with Crippen molar-refractivity contribution < 1.29 is 14.7 Å². The van der Waals surface area contributed by atoms with Crippen molar-refractivity contribution >= 4 is 23.6 Å². The average Bonchev–Trinajstić information content (AvgIpc) is 2.44. The van der Waals surface area contributed by atoms with Crippen LogP contribution in [0.15, 0.2) is 35.6 Å². The molecule has 0 spiro atoms. The van der Waals surface area contributed by atoms with Gasteiger partial charge in [-0.1, -0.05) is 30.3 Å². The molecule has 7 nitrogen and oxygen atoms in total. The van der Waals surface area contributed by atoms with Crippen LogP contribution in [0.2, 0.25) is 0 Å². The first-order valence-electron chi connectivity index (χ1n) is 5.82. The normalized spacial score (nSPS) is 11.4. The Hall–Kier alpha value is -2.15. The maximum atomic E-state index is 11.7. The number of carboxylic acids is 1. The first-order valence-corrected chi connectivity index (χ1v) is 6.36. The van der Waals surface area contributed by atoms with Gasteiger partial charge in [0.25, 0.3) is 0 Å².